The zero-order valence-corrected chi connectivity index (χ0v) is 14.5. The Morgan fingerprint density at radius 1 is 1.00 bits per heavy atom. The van der Waals surface area contributed by atoms with E-state index in [1.165, 1.54) is 0 Å². The van der Waals surface area contributed by atoms with Crippen molar-refractivity contribution >= 4 is 23.2 Å². The lowest BCUT2D eigenvalue weighted by Gasteiger charge is -2.09. The van der Waals surface area contributed by atoms with Crippen molar-refractivity contribution in [2.75, 3.05) is 11.9 Å². The Balaban J connectivity index is 1.57. The second-order valence-corrected chi connectivity index (χ2v) is 6.00. The summed E-state index contributed by atoms with van der Waals surface area (Å²) < 4.78 is 5.51. The van der Waals surface area contributed by atoms with Crippen molar-refractivity contribution < 1.29 is 9.53 Å². The van der Waals surface area contributed by atoms with E-state index in [1.807, 2.05) is 24.3 Å². The normalized spacial score (nSPS) is 10.0. The standard InChI is InChI=1S/C21H15ClN2O2/c22-18-2-1-3-19(12-18)24-21(25)14-26-20-10-8-17(9-11-20)16-6-4-15(13-23)5-7-16/h1-12H,14H2,(H,24,25). The van der Waals surface area contributed by atoms with E-state index < -0.39 is 0 Å². The maximum absolute atomic E-state index is 11.9. The third-order valence-corrected chi connectivity index (χ3v) is 3.92. The van der Waals surface area contributed by atoms with Gasteiger partial charge in [-0.1, -0.05) is 41.9 Å². The van der Waals surface area contributed by atoms with Crippen LogP contribution in [-0.4, -0.2) is 12.5 Å². The number of halogens is 1. The SMILES string of the molecule is N#Cc1ccc(-c2ccc(OCC(=O)Nc3cccc(Cl)c3)cc2)cc1. The fraction of sp³-hybridized carbons (Fsp3) is 0.0476. The van der Waals surface area contributed by atoms with Crippen LogP contribution in [0.15, 0.2) is 72.8 Å². The lowest BCUT2D eigenvalue weighted by atomic mass is 10.0. The van der Waals surface area contributed by atoms with Crippen molar-refractivity contribution in [1.29, 1.82) is 5.26 Å². The molecule has 0 aliphatic carbocycles. The summed E-state index contributed by atoms with van der Waals surface area (Å²) in [5, 5.41) is 12.1. The van der Waals surface area contributed by atoms with E-state index in [-0.39, 0.29) is 12.5 Å². The molecular formula is C21H15ClN2O2. The molecule has 3 aromatic carbocycles. The average Bonchev–Trinajstić information content (AvgIpc) is 2.67. The highest BCUT2D eigenvalue weighted by molar-refractivity contribution is 6.30. The highest BCUT2D eigenvalue weighted by Gasteiger charge is 2.05. The van der Waals surface area contributed by atoms with Gasteiger partial charge in [0, 0.05) is 10.7 Å². The summed E-state index contributed by atoms with van der Waals surface area (Å²) in [5.41, 5.74) is 3.26. The molecule has 128 valence electrons. The van der Waals surface area contributed by atoms with Gasteiger partial charge in [0.15, 0.2) is 6.61 Å². The Bertz CT molecular complexity index is 945. The minimum Gasteiger partial charge on any atom is -0.484 e. The first-order valence-electron chi connectivity index (χ1n) is 7.93. The van der Waals surface area contributed by atoms with Crippen LogP contribution in [-0.2, 0) is 4.79 Å². The molecule has 0 atom stereocenters. The maximum atomic E-state index is 11.9. The number of nitriles is 1. The van der Waals surface area contributed by atoms with Gasteiger partial charge < -0.3 is 10.1 Å². The second-order valence-electron chi connectivity index (χ2n) is 5.56. The molecule has 0 aliphatic rings. The fourth-order valence-electron chi connectivity index (χ4n) is 2.39. The van der Waals surface area contributed by atoms with E-state index in [1.54, 1.807) is 48.5 Å². The predicted molar refractivity (Wildman–Crippen MR) is 102 cm³/mol. The third-order valence-electron chi connectivity index (χ3n) is 3.68. The second kappa shape index (κ2) is 8.19. The zero-order chi connectivity index (χ0) is 18.4. The molecule has 26 heavy (non-hydrogen) atoms. The zero-order valence-electron chi connectivity index (χ0n) is 13.8. The number of hydrogen-bond donors (Lipinski definition) is 1. The first-order valence-corrected chi connectivity index (χ1v) is 8.31. The number of amides is 1. The Hall–Kier alpha value is -3.29. The molecule has 1 N–H and O–H groups in total. The molecule has 0 spiro atoms. The van der Waals surface area contributed by atoms with Crippen LogP contribution < -0.4 is 10.1 Å². The van der Waals surface area contributed by atoms with E-state index in [4.69, 9.17) is 21.6 Å². The monoisotopic (exact) mass is 362 g/mol. The quantitative estimate of drug-likeness (QED) is 0.702. The summed E-state index contributed by atoms with van der Waals surface area (Å²) in [4.78, 5) is 11.9. The molecule has 5 heteroatoms. The first-order chi connectivity index (χ1) is 12.6. The van der Waals surface area contributed by atoms with Gasteiger partial charge in [0.05, 0.1) is 11.6 Å². The van der Waals surface area contributed by atoms with Crippen LogP contribution >= 0.6 is 11.6 Å². The van der Waals surface area contributed by atoms with Gasteiger partial charge in [0.25, 0.3) is 5.91 Å². The number of nitrogens with zero attached hydrogens (tertiary/aromatic N) is 1. The molecule has 0 aliphatic heterocycles. The van der Waals surface area contributed by atoms with Crippen molar-refractivity contribution in [3.63, 3.8) is 0 Å². The van der Waals surface area contributed by atoms with Crippen molar-refractivity contribution in [3.8, 4) is 22.9 Å². The van der Waals surface area contributed by atoms with Gasteiger partial charge in [0.2, 0.25) is 0 Å². The molecule has 4 nitrogen and oxygen atoms in total. The summed E-state index contributed by atoms with van der Waals surface area (Å²) >= 11 is 5.89. The molecule has 1 amide bonds. The lowest BCUT2D eigenvalue weighted by molar-refractivity contribution is -0.118. The summed E-state index contributed by atoms with van der Waals surface area (Å²) in [5.74, 6) is 0.340. The maximum Gasteiger partial charge on any atom is 0.262 e. The molecule has 0 unspecified atom stereocenters. The van der Waals surface area contributed by atoms with Gasteiger partial charge in [-0.15, -0.1) is 0 Å². The molecule has 3 aromatic rings. The predicted octanol–water partition coefficient (Wildman–Crippen LogP) is 4.90. The lowest BCUT2D eigenvalue weighted by Crippen LogP contribution is -2.20. The highest BCUT2D eigenvalue weighted by atomic mass is 35.5. The third kappa shape index (κ3) is 4.62. The van der Waals surface area contributed by atoms with Crippen LogP contribution in [0.25, 0.3) is 11.1 Å². The van der Waals surface area contributed by atoms with E-state index in [0.29, 0.717) is 22.0 Å². The van der Waals surface area contributed by atoms with Crippen LogP contribution in [0.5, 0.6) is 5.75 Å². The molecule has 3 rings (SSSR count). The molecule has 0 heterocycles. The van der Waals surface area contributed by atoms with Gasteiger partial charge in [-0.05, 0) is 53.6 Å². The molecule has 0 saturated carbocycles. The Morgan fingerprint density at radius 2 is 1.65 bits per heavy atom. The van der Waals surface area contributed by atoms with Gasteiger partial charge in [0.1, 0.15) is 5.75 Å². The smallest absolute Gasteiger partial charge is 0.262 e. The van der Waals surface area contributed by atoms with Crippen molar-refractivity contribution in [2.24, 2.45) is 0 Å². The number of carbonyl (C=O) groups is 1. The van der Waals surface area contributed by atoms with Gasteiger partial charge in [-0.25, -0.2) is 0 Å². The van der Waals surface area contributed by atoms with Gasteiger partial charge in [-0.2, -0.15) is 5.26 Å². The van der Waals surface area contributed by atoms with E-state index in [0.717, 1.165) is 11.1 Å². The van der Waals surface area contributed by atoms with Crippen LogP contribution in [0.3, 0.4) is 0 Å². The van der Waals surface area contributed by atoms with Gasteiger partial charge in [-0.3, -0.25) is 4.79 Å². The summed E-state index contributed by atoms with van der Waals surface area (Å²) in [6, 6.07) is 23.8. The highest BCUT2D eigenvalue weighted by Crippen LogP contribution is 2.23. The topological polar surface area (TPSA) is 62.1 Å². The fourth-order valence-corrected chi connectivity index (χ4v) is 2.58. The van der Waals surface area contributed by atoms with Crippen molar-refractivity contribution in [1.82, 2.24) is 0 Å². The number of rotatable bonds is 5. The largest absolute Gasteiger partial charge is 0.484 e. The van der Waals surface area contributed by atoms with E-state index in [2.05, 4.69) is 11.4 Å². The number of nitrogens with one attached hydrogen (secondary N) is 1. The number of hydrogen-bond acceptors (Lipinski definition) is 3. The van der Waals surface area contributed by atoms with Crippen LogP contribution in [0.2, 0.25) is 5.02 Å². The van der Waals surface area contributed by atoms with Crippen molar-refractivity contribution in [2.45, 2.75) is 0 Å². The summed E-state index contributed by atoms with van der Waals surface area (Å²) in [6.07, 6.45) is 0. The minimum absolute atomic E-state index is 0.0945. The Morgan fingerprint density at radius 3 is 2.27 bits per heavy atom. The molecular weight excluding hydrogens is 348 g/mol. The van der Waals surface area contributed by atoms with Crippen molar-refractivity contribution in [3.05, 3.63) is 83.4 Å². The molecule has 0 radical (unpaired) electrons. The van der Waals surface area contributed by atoms with Gasteiger partial charge >= 0.3 is 0 Å². The molecule has 0 saturated heterocycles. The van der Waals surface area contributed by atoms with E-state index in [9.17, 15) is 4.79 Å². The van der Waals surface area contributed by atoms with Crippen LogP contribution in [0.1, 0.15) is 5.56 Å². The Labute approximate surface area is 156 Å². The first kappa shape index (κ1) is 17.5. The average molecular weight is 363 g/mol. The molecule has 0 fully saturated rings. The number of anilines is 1. The minimum atomic E-state index is -0.261. The molecule has 0 aromatic heterocycles. The molecule has 0 bridgehead atoms. The summed E-state index contributed by atoms with van der Waals surface area (Å²) in [6.45, 7) is -0.0945. The number of ether oxygens (including phenoxy) is 1. The van der Waals surface area contributed by atoms with Crippen LogP contribution in [0.4, 0.5) is 5.69 Å². The van der Waals surface area contributed by atoms with Crippen LogP contribution in [0, 0.1) is 11.3 Å². The number of benzene rings is 3. The number of carbonyl (C=O) groups excluding carboxylic acids is 1. The van der Waals surface area contributed by atoms with E-state index >= 15 is 0 Å². The Kier molecular flexibility index (Phi) is 5.52. The summed E-state index contributed by atoms with van der Waals surface area (Å²) in [7, 11) is 0.